The Bertz CT molecular complexity index is 763. The van der Waals surface area contributed by atoms with Crippen LogP contribution in [0.1, 0.15) is 40.4 Å². The van der Waals surface area contributed by atoms with Crippen molar-refractivity contribution in [3.8, 4) is 11.1 Å². The summed E-state index contributed by atoms with van der Waals surface area (Å²) in [5.74, 6) is -1.96. The van der Waals surface area contributed by atoms with Crippen molar-refractivity contribution in [3.05, 3.63) is 47.3 Å². The van der Waals surface area contributed by atoms with E-state index in [-0.39, 0.29) is 17.9 Å². The first kappa shape index (κ1) is 17.5. The van der Waals surface area contributed by atoms with Gasteiger partial charge in [0.25, 0.3) is 11.7 Å². The first-order chi connectivity index (χ1) is 11.5. The van der Waals surface area contributed by atoms with Gasteiger partial charge >= 0.3 is 5.97 Å². The van der Waals surface area contributed by atoms with Gasteiger partial charge in [0, 0.05) is 17.8 Å². The monoisotopic (exact) mass is 328 g/mol. The van der Waals surface area contributed by atoms with Gasteiger partial charge in [0.15, 0.2) is 0 Å². The van der Waals surface area contributed by atoms with Crippen LogP contribution in [0.25, 0.3) is 11.1 Å². The first-order valence-electron chi connectivity index (χ1n) is 7.78. The van der Waals surface area contributed by atoms with Gasteiger partial charge in [0.2, 0.25) is 0 Å². The molecule has 2 rings (SSSR count). The number of benzene rings is 1. The molecule has 0 aliphatic rings. The summed E-state index contributed by atoms with van der Waals surface area (Å²) in [5.41, 5.74) is 1.91. The normalized spacial score (nSPS) is 10.3. The molecule has 0 aliphatic heterocycles. The number of aryl methyl sites for hydroxylation is 1. The number of nitrogens with one attached hydrogen (secondary N) is 2. The standard InChI is InChI=1S/C18H20N2O4/c1-4-19-17(22)16(21)15-14(12-9-7-6-8-10-12)13(11(3)20-15)18(23)24-5-2/h6-10,20H,4-5H2,1-3H3,(H,19,22). The lowest BCUT2D eigenvalue weighted by atomic mass is 9.98. The maximum Gasteiger partial charge on any atom is 0.340 e. The summed E-state index contributed by atoms with van der Waals surface area (Å²) < 4.78 is 5.10. The maximum atomic E-state index is 12.5. The Hall–Kier alpha value is -2.89. The molecule has 1 heterocycles. The molecule has 1 amide bonds. The zero-order valence-corrected chi connectivity index (χ0v) is 13.9. The first-order valence-corrected chi connectivity index (χ1v) is 7.78. The molecule has 6 nitrogen and oxygen atoms in total. The number of aromatic amines is 1. The van der Waals surface area contributed by atoms with Crippen LogP contribution in [0.2, 0.25) is 0 Å². The number of likely N-dealkylation sites (N-methyl/N-ethyl adjacent to an activating group) is 1. The minimum atomic E-state index is -0.716. The van der Waals surface area contributed by atoms with Crippen molar-refractivity contribution in [1.29, 1.82) is 0 Å². The smallest absolute Gasteiger partial charge is 0.340 e. The Morgan fingerprint density at radius 1 is 1.12 bits per heavy atom. The van der Waals surface area contributed by atoms with Gasteiger partial charge in [-0.15, -0.1) is 0 Å². The number of Topliss-reactive ketones (excluding diaryl/α,β-unsaturated/α-hetero) is 1. The van der Waals surface area contributed by atoms with Crippen LogP contribution < -0.4 is 5.32 Å². The van der Waals surface area contributed by atoms with Crippen LogP contribution in [0.3, 0.4) is 0 Å². The molecule has 0 saturated carbocycles. The minimum absolute atomic E-state index is 0.0905. The molecule has 0 fully saturated rings. The van der Waals surface area contributed by atoms with Crippen LogP contribution in [0.5, 0.6) is 0 Å². The van der Waals surface area contributed by atoms with Gasteiger partial charge in [0.1, 0.15) is 5.69 Å². The van der Waals surface area contributed by atoms with Crippen molar-refractivity contribution < 1.29 is 19.1 Å². The highest BCUT2D eigenvalue weighted by Crippen LogP contribution is 2.31. The summed E-state index contributed by atoms with van der Waals surface area (Å²) >= 11 is 0. The number of carbonyl (C=O) groups excluding carboxylic acids is 3. The predicted molar refractivity (Wildman–Crippen MR) is 89.9 cm³/mol. The van der Waals surface area contributed by atoms with E-state index in [1.54, 1.807) is 45.0 Å². The fourth-order valence-corrected chi connectivity index (χ4v) is 2.50. The Morgan fingerprint density at radius 2 is 1.79 bits per heavy atom. The zero-order valence-electron chi connectivity index (χ0n) is 13.9. The van der Waals surface area contributed by atoms with Crippen LogP contribution in [0.4, 0.5) is 0 Å². The highest BCUT2D eigenvalue weighted by Gasteiger charge is 2.29. The zero-order chi connectivity index (χ0) is 17.7. The van der Waals surface area contributed by atoms with E-state index in [0.29, 0.717) is 23.4 Å². The summed E-state index contributed by atoms with van der Waals surface area (Å²) in [7, 11) is 0. The lowest BCUT2D eigenvalue weighted by Crippen LogP contribution is -2.31. The number of rotatable bonds is 6. The van der Waals surface area contributed by atoms with E-state index in [2.05, 4.69) is 10.3 Å². The van der Waals surface area contributed by atoms with Crippen molar-refractivity contribution in [2.24, 2.45) is 0 Å². The van der Waals surface area contributed by atoms with Gasteiger partial charge in [0.05, 0.1) is 12.2 Å². The molecule has 6 heteroatoms. The largest absolute Gasteiger partial charge is 0.462 e. The third-order valence-corrected chi connectivity index (χ3v) is 3.50. The average Bonchev–Trinajstić information content (AvgIpc) is 2.92. The van der Waals surface area contributed by atoms with E-state index >= 15 is 0 Å². The number of ketones is 1. The molecule has 126 valence electrons. The number of esters is 1. The molecule has 1 aromatic heterocycles. The molecule has 24 heavy (non-hydrogen) atoms. The average molecular weight is 328 g/mol. The summed E-state index contributed by atoms with van der Waals surface area (Å²) in [6, 6.07) is 8.98. The van der Waals surface area contributed by atoms with Gasteiger partial charge in [-0.25, -0.2) is 4.79 Å². The summed E-state index contributed by atoms with van der Waals surface area (Å²) in [5, 5.41) is 2.48. The molecular weight excluding hydrogens is 308 g/mol. The van der Waals surface area contributed by atoms with Crippen molar-refractivity contribution in [1.82, 2.24) is 10.3 Å². The van der Waals surface area contributed by atoms with Crippen LogP contribution in [0.15, 0.2) is 30.3 Å². The third kappa shape index (κ3) is 3.37. The predicted octanol–water partition coefficient (Wildman–Crippen LogP) is 2.49. The Kier molecular flexibility index (Phi) is 5.52. The molecule has 0 radical (unpaired) electrons. The fraction of sp³-hybridized carbons (Fsp3) is 0.278. The van der Waals surface area contributed by atoms with E-state index in [1.807, 2.05) is 6.07 Å². The van der Waals surface area contributed by atoms with Crippen LogP contribution in [-0.4, -0.2) is 35.8 Å². The molecule has 0 aliphatic carbocycles. The number of H-pyrrole nitrogens is 1. The Labute approximate surface area is 140 Å². The maximum absolute atomic E-state index is 12.5. The number of carbonyl (C=O) groups is 3. The van der Waals surface area contributed by atoms with E-state index < -0.39 is 17.7 Å². The molecule has 0 unspecified atom stereocenters. The van der Waals surface area contributed by atoms with E-state index in [9.17, 15) is 14.4 Å². The third-order valence-electron chi connectivity index (χ3n) is 3.50. The number of aromatic nitrogens is 1. The second kappa shape index (κ2) is 7.59. The summed E-state index contributed by atoms with van der Waals surface area (Å²) in [4.78, 5) is 39.6. The summed E-state index contributed by atoms with van der Waals surface area (Å²) in [6.07, 6.45) is 0. The molecule has 0 spiro atoms. The van der Waals surface area contributed by atoms with Crippen molar-refractivity contribution in [3.63, 3.8) is 0 Å². The van der Waals surface area contributed by atoms with Gasteiger partial charge in [-0.3, -0.25) is 9.59 Å². The lowest BCUT2D eigenvalue weighted by molar-refractivity contribution is -0.116. The van der Waals surface area contributed by atoms with Gasteiger partial charge in [-0.2, -0.15) is 0 Å². The second-order valence-corrected chi connectivity index (χ2v) is 5.15. The van der Waals surface area contributed by atoms with Crippen LogP contribution >= 0.6 is 0 Å². The van der Waals surface area contributed by atoms with E-state index in [1.165, 1.54) is 0 Å². The second-order valence-electron chi connectivity index (χ2n) is 5.15. The van der Waals surface area contributed by atoms with Crippen molar-refractivity contribution in [2.45, 2.75) is 20.8 Å². The quantitative estimate of drug-likeness (QED) is 0.484. The highest BCUT2D eigenvalue weighted by atomic mass is 16.5. The summed E-state index contributed by atoms with van der Waals surface area (Å²) in [6.45, 7) is 5.68. The van der Waals surface area contributed by atoms with Gasteiger partial charge < -0.3 is 15.0 Å². The highest BCUT2D eigenvalue weighted by molar-refractivity contribution is 6.43. The topological polar surface area (TPSA) is 88.3 Å². The fourth-order valence-electron chi connectivity index (χ4n) is 2.50. The van der Waals surface area contributed by atoms with E-state index in [0.717, 1.165) is 0 Å². The van der Waals surface area contributed by atoms with Crippen molar-refractivity contribution in [2.75, 3.05) is 13.2 Å². The Morgan fingerprint density at radius 3 is 2.38 bits per heavy atom. The number of hydrogen-bond acceptors (Lipinski definition) is 4. The molecule has 0 bridgehead atoms. The molecule has 2 aromatic rings. The number of amides is 1. The van der Waals surface area contributed by atoms with E-state index in [4.69, 9.17) is 4.74 Å². The lowest BCUT2D eigenvalue weighted by Gasteiger charge is -2.07. The van der Waals surface area contributed by atoms with Crippen LogP contribution in [0, 0.1) is 6.92 Å². The number of hydrogen-bond donors (Lipinski definition) is 2. The number of ether oxygens (including phenoxy) is 1. The van der Waals surface area contributed by atoms with Gasteiger partial charge in [-0.1, -0.05) is 30.3 Å². The molecule has 2 N–H and O–H groups in total. The molecular formula is C18H20N2O4. The molecule has 1 aromatic carbocycles. The van der Waals surface area contributed by atoms with Crippen LogP contribution in [-0.2, 0) is 9.53 Å². The molecule has 0 saturated heterocycles. The SMILES string of the molecule is CCNC(=O)C(=O)c1[nH]c(C)c(C(=O)OCC)c1-c1ccccc1. The van der Waals surface area contributed by atoms with Gasteiger partial charge in [-0.05, 0) is 26.3 Å². The minimum Gasteiger partial charge on any atom is -0.462 e. The molecule has 0 atom stereocenters. The Balaban J connectivity index is 2.64. The van der Waals surface area contributed by atoms with Crippen molar-refractivity contribution >= 4 is 17.7 Å².